The quantitative estimate of drug-likeness (QED) is 0.507. The van der Waals surface area contributed by atoms with E-state index in [1.54, 1.807) is 14.2 Å². The van der Waals surface area contributed by atoms with Crippen LogP contribution in [0.1, 0.15) is 28.3 Å². The molecule has 152 valence electrons. The molecule has 0 saturated carbocycles. The Morgan fingerprint density at radius 2 is 2.11 bits per heavy atom. The lowest BCUT2D eigenvalue weighted by Crippen LogP contribution is -2.29. The summed E-state index contributed by atoms with van der Waals surface area (Å²) in [5.41, 5.74) is 9.78. The van der Waals surface area contributed by atoms with Crippen LogP contribution in [-0.2, 0) is 11.3 Å². The average Bonchev–Trinajstić information content (AvgIpc) is 2.99. The Kier molecular flexibility index (Phi) is 6.53. The molecule has 2 aromatic rings. The number of aromatic nitrogens is 3. The van der Waals surface area contributed by atoms with Gasteiger partial charge in [-0.2, -0.15) is 4.98 Å². The predicted octanol–water partition coefficient (Wildman–Crippen LogP) is 2.07. The van der Waals surface area contributed by atoms with E-state index < -0.39 is 0 Å². The number of pyridine rings is 1. The summed E-state index contributed by atoms with van der Waals surface area (Å²) in [5, 5.41) is 3.81. The van der Waals surface area contributed by atoms with Crippen molar-refractivity contribution in [2.45, 2.75) is 26.3 Å². The first-order chi connectivity index (χ1) is 13.5. The van der Waals surface area contributed by atoms with Crippen molar-refractivity contribution >= 4 is 23.4 Å². The van der Waals surface area contributed by atoms with Crippen molar-refractivity contribution in [1.82, 2.24) is 20.3 Å². The van der Waals surface area contributed by atoms with Crippen LogP contribution in [0.15, 0.2) is 6.20 Å². The predicted molar refractivity (Wildman–Crippen MR) is 110 cm³/mol. The lowest BCUT2D eigenvalue weighted by molar-refractivity contribution is 0.199. The van der Waals surface area contributed by atoms with Gasteiger partial charge in [-0.05, 0) is 13.8 Å². The highest BCUT2D eigenvalue weighted by molar-refractivity contribution is 6.30. The molecule has 3 heterocycles. The number of aryl methyl sites for hydroxylation is 1. The topological polar surface area (TPSA) is 98.4 Å². The van der Waals surface area contributed by atoms with E-state index in [4.69, 9.17) is 26.8 Å². The molecule has 0 spiro atoms. The molecule has 9 heteroatoms. The first-order valence-electron chi connectivity index (χ1n) is 9.22. The van der Waals surface area contributed by atoms with Crippen LogP contribution >= 0.6 is 11.6 Å². The summed E-state index contributed by atoms with van der Waals surface area (Å²) in [4.78, 5) is 15.4. The first kappa shape index (κ1) is 20.6. The molecule has 0 aliphatic carbocycles. The van der Waals surface area contributed by atoms with Crippen molar-refractivity contribution in [3.05, 3.63) is 33.7 Å². The summed E-state index contributed by atoms with van der Waals surface area (Å²) in [7, 11) is 3.37. The van der Waals surface area contributed by atoms with E-state index in [0.717, 1.165) is 53.6 Å². The van der Waals surface area contributed by atoms with Gasteiger partial charge in [0.05, 0.1) is 26.0 Å². The minimum atomic E-state index is 0.160. The van der Waals surface area contributed by atoms with Crippen LogP contribution in [0.25, 0.3) is 0 Å². The molecule has 1 atom stereocenters. The first-order valence-corrected chi connectivity index (χ1v) is 9.60. The third-order valence-corrected chi connectivity index (χ3v) is 5.30. The summed E-state index contributed by atoms with van der Waals surface area (Å²) in [6.07, 6.45) is 1.84. The van der Waals surface area contributed by atoms with Gasteiger partial charge in [-0.1, -0.05) is 11.6 Å². The van der Waals surface area contributed by atoms with Gasteiger partial charge in [0.15, 0.2) is 0 Å². The van der Waals surface area contributed by atoms with Gasteiger partial charge in [-0.25, -0.2) is 4.98 Å². The number of fused-ring (bicyclic) bond motifs is 1. The van der Waals surface area contributed by atoms with Crippen LogP contribution in [0.2, 0.25) is 5.15 Å². The summed E-state index contributed by atoms with van der Waals surface area (Å²) in [6.45, 7) is 7.54. The largest absolute Gasteiger partial charge is 0.496 e. The van der Waals surface area contributed by atoms with Gasteiger partial charge in [0.2, 0.25) is 5.95 Å². The van der Waals surface area contributed by atoms with Crippen LogP contribution < -0.4 is 20.7 Å². The SMILES string of the molecule is COCCNCC1CN(Cc2ncc(C)c(OC)c2C)c2nc(N)nc(Cl)c21. The van der Waals surface area contributed by atoms with Crippen molar-refractivity contribution in [3.8, 4) is 5.75 Å². The zero-order chi connectivity index (χ0) is 20.3. The number of nitrogen functional groups attached to an aromatic ring is 1. The fourth-order valence-electron chi connectivity index (χ4n) is 3.65. The highest BCUT2D eigenvalue weighted by atomic mass is 35.5. The molecule has 0 aromatic carbocycles. The van der Waals surface area contributed by atoms with Crippen molar-refractivity contribution in [1.29, 1.82) is 0 Å². The Hall–Kier alpha value is -2.16. The number of halogens is 1. The molecule has 0 amide bonds. The van der Waals surface area contributed by atoms with Crippen molar-refractivity contribution in [3.63, 3.8) is 0 Å². The van der Waals surface area contributed by atoms with E-state index in [2.05, 4.69) is 25.2 Å². The van der Waals surface area contributed by atoms with E-state index in [0.29, 0.717) is 18.3 Å². The number of anilines is 2. The lowest BCUT2D eigenvalue weighted by Gasteiger charge is -2.21. The molecule has 0 fully saturated rings. The van der Waals surface area contributed by atoms with Gasteiger partial charge in [-0.3, -0.25) is 4.98 Å². The third-order valence-electron chi connectivity index (χ3n) is 5.01. The molecule has 28 heavy (non-hydrogen) atoms. The van der Waals surface area contributed by atoms with Crippen LogP contribution in [-0.4, -0.2) is 55.4 Å². The Bertz CT molecular complexity index is 848. The Morgan fingerprint density at radius 3 is 2.82 bits per heavy atom. The molecule has 0 saturated heterocycles. The molecular formula is C19H27ClN6O2. The van der Waals surface area contributed by atoms with Crippen molar-refractivity contribution in [2.75, 3.05) is 51.1 Å². The van der Waals surface area contributed by atoms with Crippen LogP contribution in [0.5, 0.6) is 5.75 Å². The minimum Gasteiger partial charge on any atom is -0.496 e. The fourth-order valence-corrected chi connectivity index (χ4v) is 3.98. The molecule has 1 aliphatic rings. The fraction of sp³-hybridized carbons (Fsp3) is 0.526. The van der Waals surface area contributed by atoms with Gasteiger partial charge < -0.3 is 25.4 Å². The monoisotopic (exact) mass is 406 g/mol. The zero-order valence-electron chi connectivity index (χ0n) is 16.8. The molecule has 3 rings (SSSR count). The molecular weight excluding hydrogens is 380 g/mol. The van der Waals surface area contributed by atoms with E-state index in [1.807, 2.05) is 20.0 Å². The number of nitrogens with one attached hydrogen (secondary N) is 1. The average molecular weight is 407 g/mol. The number of ether oxygens (including phenoxy) is 2. The maximum absolute atomic E-state index is 6.43. The molecule has 1 aliphatic heterocycles. The standard InChI is InChI=1S/C19H27ClN6O2/c1-11-7-23-14(12(2)16(11)28-4)10-26-9-13(8-22-5-6-27-3)15-17(20)24-19(21)25-18(15)26/h7,13,22H,5-6,8-10H2,1-4H3,(H2,21,24,25). The summed E-state index contributed by atoms with van der Waals surface area (Å²) < 4.78 is 10.6. The molecule has 2 aromatic heterocycles. The molecule has 8 nitrogen and oxygen atoms in total. The van der Waals surface area contributed by atoms with Crippen LogP contribution in [0, 0.1) is 13.8 Å². The smallest absolute Gasteiger partial charge is 0.223 e. The number of rotatable bonds is 8. The third kappa shape index (κ3) is 4.14. The highest BCUT2D eigenvalue weighted by Crippen LogP contribution is 2.40. The lowest BCUT2D eigenvalue weighted by atomic mass is 10.1. The maximum Gasteiger partial charge on any atom is 0.223 e. The second-order valence-electron chi connectivity index (χ2n) is 6.93. The Balaban J connectivity index is 1.87. The van der Waals surface area contributed by atoms with E-state index in [9.17, 15) is 0 Å². The van der Waals surface area contributed by atoms with Gasteiger partial charge in [0, 0.05) is 55.5 Å². The Labute approximate surface area is 170 Å². The molecule has 0 bridgehead atoms. The zero-order valence-corrected chi connectivity index (χ0v) is 17.5. The summed E-state index contributed by atoms with van der Waals surface area (Å²) in [5.74, 6) is 1.97. The molecule has 1 unspecified atom stereocenters. The van der Waals surface area contributed by atoms with Crippen LogP contribution in [0.4, 0.5) is 11.8 Å². The van der Waals surface area contributed by atoms with E-state index in [-0.39, 0.29) is 11.9 Å². The summed E-state index contributed by atoms with van der Waals surface area (Å²) >= 11 is 6.43. The van der Waals surface area contributed by atoms with Crippen molar-refractivity contribution in [2.24, 2.45) is 0 Å². The second-order valence-corrected chi connectivity index (χ2v) is 7.29. The number of methoxy groups -OCH3 is 2. The summed E-state index contributed by atoms with van der Waals surface area (Å²) in [6, 6.07) is 0. The number of hydrogen-bond donors (Lipinski definition) is 2. The van der Waals surface area contributed by atoms with Crippen LogP contribution in [0.3, 0.4) is 0 Å². The normalized spacial score (nSPS) is 15.8. The number of nitrogens with two attached hydrogens (primary N) is 1. The maximum atomic E-state index is 6.43. The van der Waals surface area contributed by atoms with E-state index in [1.165, 1.54) is 0 Å². The van der Waals surface area contributed by atoms with Gasteiger partial charge >= 0.3 is 0 Å². The van der Waals surface area contributed by atoms with Gasteiger partial charge in [0.1, 0.15) is 16.7 Å². The second kappa shape index (κ2) is 8.89. The van der Waals surface area contributed by atoms with Gasteiger partial charge in [0.25, 0.3) is 0 Å². The minimum absolute atomic E-state index is 0.160. The van der Waals surface area contributed by atoms with E-state index >= 15 is 0 Å². The molecule has 0 radical (unpaired) electrons. The molecule has 3 N–H and O–H groups in total. The Morgan fingerprint density at radius 1 is 1.32 bits per heavy atom. The number of nitrogens with zero attached hydrogens (tertiary/aromatic N) is 4. The highest BCUT2D eigenvalue weighted by Gasteiger charge is 2.33. The van der Waals surface area contributed by atoms with Crippen molar-refractivity contribution < 1.29 is 9.47 Å². The number of hydrogen-bond acceptors (Lipinski definition) is 8. The van der Waals surface area contributed by atoms with Gasteiger partial charge in [-0.15, -0.1) is 0 Å².